The van der Waals surface area contributed by atoms with Crippen LogP contribution in [-0.2, 0) is 4.74 Å². The molecular formula is C11H23N3O. The van der Waals surface area contributed by atoms with Crippen LogP contribution in [0.3, 0.4) is 0 Å². The zero-order valence-electron chi connectivity index (χ0n) is 9.50. The average Bonchev–Trinajstić information content (AvgIpc) is 2.29. The third-order valence-electron chi connectivity index (χ3n) is 3.63. The lowest BCUT2D eigenvalue weighted by Gasteiger charge is -2.36. The molecule has 0 aromatic rings. The van der Waals surface area contributed by atoms with E-state index in [1.54, 1.807) is 0 Å². The van der Waals surface area contributed by atoms with E-state index in [0.29, 0.717) is 0 Å². The molecule has 4 heteroatoms. The molecule has 4 nitrogen and oxygen atoms in total. The Kier molecular flexibility index (Phi) is 3.97. The predicted octanol–water partition coefficient (Wildman–Crippen LogP) is -0.210. The fourth-order valence-corrected chi connectivity index (χ4v) is 2.38. The Morgan fingerprint density at radius 2 is 1.87 bits per heavy atom. The summed E-state index contributed by atoms with van der Waals surface area (Å²) in [5.41, 5.74) is 6.47. The molecule has 2 heterocycles. The van der Waals surface area contributed by atoms with E-state index < -0.39 is 0 Å². The third-order valence-corrected chi connectivity index (χ3v) is 3.63. The molecule has 2 fully saturated rings. The number of hydrogen-bond acceptors (Lipinski definition) is 4. The van der Waals surface area contributed by atoms with Crippen molar-refractivity contribution in [3.05, 3.63) is 0 Å². The summed E-state index contributed by atoms with van der Waals surface area (Å²) in [6.45, 7) is 7.24. The van der Waals surface area contributed by atoms with Crippen molar-refractivity contribution in [2.24, 2.45) is 5.73 Å². The number of nitrogens with two attached hydrogens (primary N) is 1. The quantitative estimate of drug-likeness (QED) is 0.681. The van der Waals surface area contributed by atoms with Crippen molar-refractivity contribution in [3.63, 3.8) is 0 Å². The van der Waals surface area contributed by atoms with Crippen LogP contribution in [-0.4, -0.2) is 56.4 Å². The van der Waals surface area contributed by atoms with E-state index in [1.807, 2.05) is 0 Å². The van der Waals surface area contributed by atoms with Crippen molar-refractivity contribution < 1.29 is 4.74 Å². The van der Waals surface area contributed by atoms with Gasteiger partial charge in [0.2, 0.25) is 0 Å². The van der Waals surface area contributed by atoms with E-state index in [2.05, 4.69) is 10.2 Å². The minimum Gasteiger partial charge on any atom is -0.379 e. The second-order valence-electron chi connectivity index (χ2n) is 4.82. The van der Waals surface area contributed by atoms with Crippen molar-refractivity contribution in [2.45, 2.75) is 24.8 Å². The largest absolute Gasteiger partial charge is 0.379 e. The standard InChI is InChI=1S/C11H23N3O/c12-11(1-4-13-5-2-11)3-6-14-7-9-15-10-8-14/h13H,1-10,12H2. The fourth-order valence-electron chi connectivity index (χ4n) is 2.38. The molecule has 15 heavy (non-hydrogen) atoms. The summed E-state index contributed by atoms with van der Waals surface area (Å²) in [6.07, 6.45) is 3.38. The number of ether oxygens (including phenoxy) is 1. The van der Waals surface area contributed by atoms with Crippen molar-refractivity contribution >= 4 is 0 Å². The van der Waals surface area contributed by atoms with E-state index in [-0.39, 0.29) is 5.54 Å². The van der Waals surface area contributed by atoms with Crippen LogP contribution in [0.1, 0.15) is 19.3 Å². The number of piperidine rings is 1. The van der Waals surface area contributed by atoms with Crippen LogP contribution in [0.15, 0.2) is 0 Å². The molecule has 0 radical (unpaired) electrons. The maximum atomic E-state index is 6.38. The minimum atomic E-state index is 0.0869. The Morgan fingerprint density at radius 3 is 2.53 bits per heavy atom. The van der Waals surface area contributed by atoms with E-state index >= 15 is 0 Å². The number of nitrogens with zero attached hydrogens (tertiary/aromatic N) is 1. The molecule has 2 aliphatic rings. The normalized spacial score (nSPS) is 27.8. The highest BCUT2D eigenvalue weighted by atomic mass is 16.5. The summed E-state index contributed by atoms with van der Waals surface area (Å²) in [5, 5.41) is 3.36. The van der Waals surface area contributed by atoms with Gasteiger partial charge >= 0.3 is 0 Å². The van der Waals surface area contributed by atoms with Gasteiger partial charge in [-0.05, 0) is 32.4 Å². The smallest absolute Gasteiger partial charge is 0.0594 e. The zero-order valence-corrected chi connectivity index (χ0v) is 9.50. The molecule has 88 valence electrons. The fraction of sp³-hybridized carbons (Fsp3) is 1.00. The summed E-state index contributed by atoms with van der Waals surface area (Å²) in [7, 11) is 0. The van der Waals surface area contributed by atoms with E-state index in [4.69, 9.17) is 10.5 Å². The van der Waals surface area contributed by atoms with Crippen LogP contribution in [0.25, 0.3) is 0 Å². The summed E-state index contributed by atoms with van der Waals surface area (Å²) in [4.78, 5) is 2.47. The van der Waals surface area contributed by atoms with Gasteiger partial charge in [0.05, 0.1) is 13.2 Å². The number of hydrogen-bond donors (Lipinski definition) is 2. The van der Waals surface area contributed by atoms with Crippen molar-refractivity contribution in [1.82, 2.24) is 10.2 Å². The lowest BCUT2D eigenvalue weighted by molar-refractivity contribution is 0.0335. The van der Waals surface area contributed by atoms with Gasteiger partial charge in [0.15, 0.2) is 0 Å². The molecule has 0 atom stereocenters. The van der Waals surface area contributed by atoms with Gasteiger partial charge in [0.25, 0.3) is 0 Å². The SMILES string of the molecule is NC1(CCN2CCOCC2)CCNCC1. The summed E-state index contributed by atoms with van der Waals surface area (Å²) in [5.74, 6) is 0. The molecule has 0 bridgehead atoms. The Hall–Kier alpha value is -0.160. The molecule has 0 unspecified atom stereocenters. The molecule has 0 saturated carbocycles. The maximum absolute atomic E-state index is 6.38. The highest BCUT2D eigenvalue weighted by Gasteiger charge is 2.27. The first-order valence-corrected chi connectivity index (χ1v) is 6.08. The molecule has 2 rings (SSSR count). The van der Waals surface area contributed by atoms with Crippen molar-refractivity contribution in [3.8, 4) is 0 Å². The van der Waals surface area contributed by atoms with E-state index in [9.17, 15) is 0 Å². The van der Waals surface area contributed by atoms with Crippen molar-refractivity contribution in [1.29, 1.82) is 0 Å². The molecule has 0 spiro atoms. The van der Waals surface area contributed by atoms with Gasteiger partial charge in [-0.15, -0.1) is 0 Å². The van der Waals surface area contributed by atoms with Gasteiger partial charge in [-0.25, -0.2) is 0 Å². The minimum absolute atomic E-state index is 0.0869. The molecule has 0 aromatic carbocycles. The number of rotatable bonds is 3. The van der Waals surface area contributed by atoms with Crippen molar-refractivity contribution in [2.75, 3.05) is 45.9 Å². The van der Waals surface area contributed by atoms with Crippen LogP contribution < -0.4 is 11.1 Å². The predicted molar refractivity (Wildman–Crippen MR) is 60.9 cm³/mol. The first-order valence-electron chi connectivity index (χ1n) is 6.08. The zero-order chi connectivity index (χ0) is 10.6. The molecular weight excluding hydrogens is 190 g/mol. The van der Waals surface area contributed by atoms with Crippen LogP contribution >= 0.6 is 0 Å². The Bertz CT molecular complexity index is 186. The van der Waals surface area contributed by atoms with Crippen LogP contribution in [0.5, 0.6) is 0 Å². The molecule has 0 amide bonds. The van der Waals surface area contributed by atoms with E-state index in [1.165, 1.54) is 0 Å². The van der Waals surface area contributed by atoms with Gasteiger partial charge in [-0.1, -0.05) is 0 Å². The highest BCUT2D eigenvalue weighted by molar-refractivity contribution is 4.89. The Balaban J connectivity index is 1.70. The Morgan fingerprint density at radius 1 is 1.20 bits per heavy atom. The maximum Gasteiger partial charge on any atom is 0.0594 e. The second-order valence-corrected chi connectivity index (χ2v) is 4.82. The van der Waals surface area contributed by atoms with Crippen LogP contribution in [0.4, 0.5) is 0 Å². The molecule has 2 aliphatic heterocycles. The molecule has 2 saturated heterocycles. The topological polar surface area (TPSA) is 50.5 Å². The third kappa shape index (κ3) is 3.41. The monoisotopic (exact) mass is 213 g/mol. The second kappa shape index (κ2) is 5.25. The number of morpholine rings is 1. The molecule has 0 aromatic heterocycles. The highest BCUT2D eigenvalue weighted by Crippen LogP contribution is 2.19. The van der Waals surface area contributed by atoms with Gasteiger partial charge < -0.3 is 15.8 Å². The van der Waals surface area contributed by atoms with Crippen LogP contribution in [0, 0.1) is 0 Å². The Labute approximate surface area is 92.1 Å². The van der Waals surface area contributed by atoms with Gasteiger partial charge in [0.1, 0.15) is 0 Å². The first-order chi connectivity index (χ1) is 7.29. The van der Waals surface area contributed by atoms with Gasteiger partial charge in [0, 0.05) is 25.2 Å². The lowest BCUT2D eigenvalue weighted by atomic mass is 9.86. The average molecular weight is 213 g/mol. The number of nitrogens with one attached hydrogen (secondary N) is 1. The summed E-state index contributed by atoms with van der Waals surface area (Å²) >= 11 is 0. The summed E-state index contributed by atoms with van der Waals surface area (Å²) < 4.78 is 5.33. The summed E-state index contributed by atoms with van der Waals surface area (Å²) in [6, 6.07) is 0. The van der Waals surface area contributed by atoms with Crippen LogP contribution in [0.2, 0.25) is 0 Å². The molecule has 3 N–H and O–H groups in total. The van der Waals surface area contributed by atoms with Gasteiger partial charge in [-0.2, -0.15) is 0 Å². The molecule has 0 aliphatic carbocycles. The first kappa shape index (κ1) is 11.3. The van der Waals surface area contributed by atoms with Gasteiger partial charge in [-0.3, -0.25) is 4.90 Å². The lowest BCUT2D eigenvalue weighted by Crippen LogP contribution is -2.51. The van der Waals surface area contributed by atoms with E-state index in [0.717, 1.165) is 65.2 Å².